The van der Waals surface area contributed by atoms with Gasteiger partial charge in [0.15, 0.2) is 6.73 Å². The molecule has 1 N–H and O–H groups in total. The number of amides is 1. The highest BCUT2D eigenvalue weighted by Gasteiger charge is 2.23. The third-order valence-corrected chi connectivity index (χ3v) is 4.06. The van der Waals surface area contributed by atoms with Crippen LogP contribution in [-0.2, 0) is 11.3 Å². The van der Waals surface area contributed by atoms with Crippen molar-refractivity contribution in [1.82, 2.24) is 4.90 Å². The lowest BCUT2D eigenvalue weighted by atomic mass is 9.94. The average Bonchev–Trinajstić information content (AvgIpc) is 2.54. The second-order valence-electron chi connectivity index (χ2n) is 5.79. The number of rotatable bonds is 6. The van der Waals surface area contributed by atoms with E-state index >= 15 is 0 Å². The minimum absolute atomic E-state index is 0.226. The molecular formula is C19H24N2O2. The average molecular weight is 312 g/mol. The summed E-state index contributed by atoms with van der Waals surface area (Å²) in [6, 6.07) is 5.63. The first kappa shape index (κ1) is 16.9. The Balaban J connectivity index is 2.17. The fourth-order valence-corrected chi connectivity index (χ4v) is 2.79. The van der Waals surface area contributed by atoms with Crippen LogP contribution >= 0.6 is 0 Å². The molecule has 0 aliphatic carbocycles. The maximum atomic E-state index is 11.4. The summed E-state index contributed by atoms with van der Waals surface area (Å²) in [5.74, 6) is 0.870. The SMILES string of the molecule is C=CC(=O)Nc1ccc2c(c1)CN(C(=C)C(CC)C(=C)C)CO2. The van der Waals surface area contributed by atoms with E-state index in [-0.39, 0.29) is 11.8 Å². The van der Waals surface area contributed by atoms with Gasteiger partial charge in [0, 0.05) is 29.4 Å². The molecule has 0 saturated heterocycles. The molecule has 4 heteroatoms. The van der Waals surface area contributed by atoms with Gasteiger partial charge in [0.05, 0.1) is 0 Å². The van der Waals surface area contributed by atoms with Crippen molar-refractivity contribution in [3.8, 4) is 5.75 Å². The Morgan fingerprint density at radius 2 is 2.22 bits per heavy atom. The molecule has 1 aliphatic rings. The van der Waals surface area contributed by atoms with Crippen molar-refractivity contribution in [2.45, 2.75) is 26.8 Å². The zero-order valence-corrected chi connectivity index (χ0v) is 13.9. The predicted octanol–water partition coefficient (Wildman–Crippen LogP) is 4.08. The van der Waals surface area contributed by atoms with E-state index in [1.165, 1.54) is 6.08 Å². The van der Waals surface area contributed by atoms with Crippen LogP contribution in [0.1, 0.15) is 25.8 Å². The molecule has 122 valence electrons. The summed E-state index contributed by atoms with van der Waals surface area (Å²) in [6.07, 6.45) is 2.22. The fraction of sp³-hybridized carbons (Fsp3) is 0.316. The molecule has 0 fully saturated rings. The van der Waals surface area contributed by atoms with Crippen LogP contribution in [0, 0.1) is 5.92 Å². The van der Waals surface area contributed by atoms with Crippen molar-refractivity contribution < 1.29 is 9.53 Å². The highest BCUT2D eigenvalue weighted by molar-refractivity contribution is 5.98. The highest BCUT2D eigenvalue weighted by Crippen LogP contribution is 2.32. The lowest BCUT2D eigenvalue weighted by molar-refractivity contribution is -0.111. The van der Waals surface area contributed by atoms with Gasteiger partial charge in [-0.15, -0.1) is 0 Å². The molecular weight excluding hydrogens is 288 g/mol. The molecule has 23 heavy (non-hydrogen) atoms. The van der Waals surface area contributed by atoms with E-state index in [4.69, 9.17) is 4.74 Å². The first-order valence-electron chi connectivity index (χ1n) is 7.74. The second-order valence-corrected chi connectivity index (χ2v) is 5.79. The number of benzene rings is 1. The van der Waals surface area contributed by atoms with Crippen LogP contribution in [0.15, 0.2) is 55.3 Å². The Morgan fingerprint density at radius 1 is 1.48 bits per heavy atom. The van der Waals surface area contributed by atoms with Crippen LogP contribution in [0.5, 0.6) is 5.75 Å². The molecule has 0 spiro atoms. The quantitative estimate of drug-likeness (QED) is 0.636. The first-order chi connectivity index (χ1) is 11.0. The van der Waals surface area contributed by atoms with Crippen LogP contribution < -0.4 is 10.1 Å². The Morgan fingerprint density at radius 3 is 2.83 bits per heavy atom. The zero-order valence-electron chi connectivity index (χ0n) is 13.9. The van der Waals surface area contributed by atoms with Gasteiger partial charge >= 0.3 is 0 Å². The number of nitrogens with zero attached hydrogens (tertiary/aromatic N) is 1. The van der Waals surface area contributed by atoms with Crippen LogP contribution in [0.4, 0.5) is 5.69 Å². The fourth-order valence-electron chi connectivity index (χ4n) is 2.79. The number of nitrogens with one attached hydrogen (secondary N) is 1. The summed E-state index contributed by atoms with van der Waals surface area (Å²) in [7, 11) is 0. The van der Waals surface area contributed by atoms with Gasteiger partial charge in [-0.1, -0.05) is 32.2 Å². The molecule has 1 heterocycles. The van der Waals surface area contributed by atoms with E-state index in [1.807, 2.05) is 25.1 Å². The molecule has 1 aromatic rings. The third-order valence-electron chi connectivity index (χ3n) is 4.06. The molecule has 0 saturated carbocycles. The van der Waals surface area contributed by atoms with Gasteiger partial charge in [-0.05, 0) is 37.6 Å². The number of ether oxygens (including phenoxy) is 1. The molecule has 1 amide bonds. The van der Waals surface area contributed by atoms with Crippen LogP contribution in [0.25, 0.3) is 0 Å². The van der Waals surface area contributed by atoms with Crippen molar-refractivity contribution in [3.05, 3.63) is 60.8 Å². The van der Waals surface area contributed by atoms with Crippen LogP contribution in [-0.4, -0.2) is 17.5 Å². The van der Waals surface area contributed by atoms with E-state index in [0.29, 0.717) is 13.3 Å². The number of fused-ring (bicyclic) bond motifs is 1. The Labute approximate surface area is 138 Å². The van der Waals surface area contributed by atoms with Crippen molar-refractivity contribution in [3.63, 3.8) is 0 Å². The van der Waals surface area contributed by atoms with Gasteiger partial charge in [0.2, 0.25) is 5.91 Å². The monoisotopic (exact) mass is 312 g/mol. The first-order valence-corrected chi connectivity index (χ1v) is 7.74. The Kier molecular flexibility index (Phi) is 5.27. The molecule has 0 bridgehead atoms. The third kappa shape index (κ3) is 3.83. The van der Waals surface area contributed by atoms with E-state index in [0.717, 1.165) is 34.7 Å². The van der Waals surface area contributed by atoms with Crippen LogP contribution in [0.2, 0.25) is 0 Å². The summed E-state index contributed by atoms with van der Waals surface area (Å²) < 4.78 is 5.82. The van der Waals surface area contributed by atoms with Crippen molar-refractivity contribution in [1.29, 1.82) is 0 Å². The molecule has 1 aliphatic heterocycles. The van der Waals surface area contributed by atoms with E-state index in [1.54, 1.807) is 0 Å². The zero-order chi connectivity index (χ0) is 17.0. The molecule has 1 unspecified atom stereocenters. The number of carbonyl (C=O) groups excluding carboxylic acids is 1. The molecule has 0 aromatic heterocycles. The van der Waals surface area contributed by atoms with Gasteiger partial charge in [0.1, 0.15) is 5.75 Å². The molecule has 0 radical (unpaired) electrons. The summed E-state index contributed by atoms with van der Waals surface area (Å²) in [5, 5.41) is 2.77. The maximum Gasteiger partial charge on any atom is 0.247 e. The standard InChI is InChI=1S/C19H24N2O2/c1-6-17(13(3)4)14(5)21-11-15-10-16(20-19(22)7-2)8-9-18(15)23-12-21/h7-10,17H,2-3,5-6,11-12H2,1,4H3,(H,20,22). The summed E-state index contributed by atoms with van der Waals surface area (Å²) in [5.41, 5.74) is 3.88. The van der Waals surface area contributed by atoms with Crippen molar-refractivity contribution in [2.24, 2.45) is 5.92 Å². The van der Waals surface area contributed by atoms with Gasteiger partial charge in [-0.2, -0.15) is 0 Å². The largest absolute Gasteiger partial charge is 0.473 e. The van der Waals surface area contributed by atoms with E-state index < -0.39 is 0 Å². The Bertz CT molecular complexity index is 649. The topological polar surface area (TPSA) is 41.6 Å². The second kappa shape index (κ2) is 7.18. The van der Waals surface area contributed by atoms with Gasteiger partial charge in [0.25, 0.3) is 0 Å². The van der Waals surface area contributed by atoms with Gasteiger partial charge in [-0.25, -0.2) is 0 Å². The number of hydrogen-bond acceptors (Lipinski definition) is 3. The maximum absolute atomic E-state index is 11.4. The number of allylic oxidation sites excluding steroid dienone is 1. The Hall–Kier alpha value is -2.49. The van der Waals surface area contributed by atoms with Gasteiger partial charge in [-0.3, -0.25) is 4.79 Å². The predicted molar refractivity (Wildman–Crippen MR) is 94.0 cm³/mol. The summed E-state index contributed by atoms with van der Waals surface area (Å²) in [4.78, 5) is 13.5. The minimum atomic E-state index is -0.226. The van der Waals surface area contributed by atoms with Crippen LogP contribution in [0.3, 0.4) is 0 Å². The molecule has 2 rings (SSSR count). The van der Waals surface area contributed by atoms with Crippen molar-refractivity contribution in [2.75, 3.05) is 12.0 Å². The number of carbonyl (C=O) groups is 1. The summed E-state index contributed by atoms with van der Waals surface area (Å²) >= 11 is 0. The summed E-state index contributed by atoms with van der Waals surface area (Å²) in [6.45, 7) is 17.1. The number of hydrogen-bond donors (Lipinski definition) is 1. The minimum Gasteiger partial charge on any atom is -0.473 e. The molecule has 1 atom stereocenters. The van der Waals surface area contributed by atoms with E-state index in [9.17, 15) is 4.79 Å². The lowest BCUT2D eigenvalue weighted by Gasteiger charge is -2.35. The highest BCUT2D eigenvalue weighted by atomic mass is 16.5. The molecule has 1 aromatic carbocycles. The van der Waals surface area contributed by atoms with Crippen molar-refractivity contribution >= 4 is 11.6 Å². The van der Waals surface area contributed by atoms with Gasteiger partial charge < -0.3 is 15.0 Å². The normalized spacial score (nSPS) is 14.3. The lowest BCUT2D eigenvalue weighted by Crippen LogP contribution is -2.33. The van der Waals surface area contributed by atoms with E-state index in [2.05, 4.69) is 36.9 Å². The molecule has 4 nitrogen and oxygen atoms in total. The number of anilines is 1. The smallest absolute Gasteiger partial charge is 0.247 e.